The van der Waals surface area contributed by atoms with Gasteiger partial charge in [0.05, 0.1) is 13.2 Å². The lowest BCUT2D eigenvalue weighted by atomic mass is 9.61. The highest BCUT2D eigenvalue weighted by Gasteiger charge is 2.42. The Morgan fingerprint density at radius 2 is 1.17 bits per heavy atom. The quantitative estimate of drug-likeness (QED) is 0.241. The van der Waals surface area contributed by atoms with Crippen molar-refractivity contribution in [1.29, 1.82) is 0 Å². The first-order valence-corrected chi connectivity index (χ1v) is 12.4. The fourth-order valence-corrected chi connectivity index (χ4v) is 6.89. The van der Waals surface area contributed by atoms with Gasteiger partial charge in [-0.3, -0.25) is 0 Å². The maximum Gasteiger partial charge on any atom is 0.287 e. The molecule has 0 saturated carbocycles. The number of nitrogens with zero attached hydrogens (tertiary/aromatic N) is 2. The lowest BCUT2D eigenvalue weighted by Crippen LogP contribution is -2.38. The molecular weight excluding hydrogens is 424 g/mol. The van der Waals surface area contributed by atoms with Crippen LogP contribution in [0.5, 0.6) is 0 Å². The van der Waals surface area contributed by atoms with Crippen LogP contribution in [0, 0.1) is 6.92 Å². The first-order valence-electron chi connectivity index (χ1n) is 12.4. The van der Waals surface area contributed by atoms with Gasteiger partial charge in [0.2, 0.25) is 0 Å². The van der Waals surface area contributed by atoms with E-state index in [4.69, 9.17) is 0 Å². The van der Waals surface area contributed by atoms with Crippen LogP contribution in [0.1, 0.15) is 50.8 Å². The predicted octanol–water partition coefficient (Wildman–Crippen LogP) is 6.90. The molecule has 2 nitrogen and oxygen atoms in total. The summed E-state index contributed by atoms with van der Waals surface area (Å²) in [5, 5.41) is 2.62. The van der Waals surface area contributed by atoms with Crippen molar-refractivity contribution in [3.8, 4) is 5.82 Å². The van der Waals surface area contributed by atoms with Crippen LogP contribution in [0.15, 0.2) is 103 Å². The van der Waals surface area contributed by atoms with Gasteiger partial charge in [0.25, 0.3) is 5.82 Å². The molecular formula is C33H25N2+. The summed E-state index contributed by atoms with van der Waals surface area (Å²) in [6, 6.07) is 36.0. The number of benzene rings is 4. The lowest BCUT2D eigenvalue weighted by Gasteiger charge is -2.41. The topological polar surface area (TPSA) is 8.81 Å². The van der Waals surface area contributed by atoms with E-state index in [0.29, 0.717) is 5.92 Å². The van der Waals surface area contributed by atoms with Crippen LogP contribution in [0.25, 0.3) is 27.6 Å². The smallest absolute Gasteiger partial charge is 0.236 e. The summed E-state index contributed by atoms with van der Waals surface area (Å²) in [5.74, 6) is 1.78. The van der Waals surface area contributed by atoms with Gasteiger partial charge >= 0.3 is 0 Å². The Morgan fingerprint density at radius 3 is 1.86 bits per heavy atom. The van der Waals surface area contributed by atoms with Crippen LogP contribution in [0.3, 0.4) is 0 Å². The highest BCUT2D eigenvalue weighted by atomic mass is 15.1. The van der Waals surface area contributed by atoms with Crippen molar-refractivity contribution in [1.82, 2.24) is 4.57 Å². The molecule has 0 amide bonds. The number of rotatable bonds is 1. The van der Waals surface area contributed by atoms with Gasteiger partial charge in [-0.25, -0.2) is 4.57 Å². The Hall–Kier alpha value is -4.17. The minimum atomic E-state index is 0.275. The van der Waals surface area contributed by atoms with Crippen molar-refractivity contribution in [2.75, 3.05) is 0 Å². The van der Waals surface area contributed by atoms with Crippen molar-refractivity contribution in [2.45, 2.75) is 18.8 Å². The van der Waals surface area contributed by atoms with Gasteiger partial charge in [0, 0.05) is 34.2 Å². The summed E-state index contributed by atoms with van der Waals surface area (Å²) in [6.45, 7) is 2.23. The van der Waals surface area contributed by atoms with E-state index in [0.717, 1.165) is 0 Å². The first kappa shape index (κ1) is 19.2. The number of aromatic nitrogens is 2. The third-order valence-electron chi connectivity index (χ3n) is 8.30. The van der Waals surface area contributed by atoms with Crippen LogP contribution < -0.4 is 4.57 Å². The van der Waals surface area contributed by atoms with Gasteiger partial charge in [-0.2, -0.15) is 4.57 Å². The van der Waals surface area contributed by atoms with Crippen molar-refractivity contribution in [2.24, 2.45) is 7.05 Å². The van der Waals surface area contributed by atoms with Crippen LogP contribution >= 0.6 is 0 Å². The number of hydrogen-bond acceptors (Lipinski definition) is 0. The highest BCUT2D eigenvalue weighted by Crippen LogP contribution is 2.55. The minimum absolute atomic E-state index is 0.275. The maximum atomic E-state index is 2.47. The number of pyridine rings is 1. The van der Waals surface area contributed by atoms with Crippen molar-refractivity contribution in [3.63, 3.8) is 0 Å². The summed E-state index contributed by atoms with van der Waals surface area (Å²) in [6.07, 6.45) is 2.40. The number of para-hydroxylation sites is 2. The molecule has 2 heterocycles. The fraction of sp³-hybridized carbons (Fsp3) is 0.121. The molecule has 35 heavy (non-hydrogen) atoms. The third kappa shape index (κ3) is 2.37. The van der Waals surface area contributed by atoms with E-state index >= 15 is 0 Å². The zero-order valence-corrected chi connectivity index (χ0v) is 19.9. The molecule has 0 fully saturated rings. The van der Waals surface area contributed by atoms with E-state index in [1.54, 1.807) is 0 Å². The largest absolute Gasteiger partial charge is 0.287 e. The molecule has 4 aromatic carbocycles. The molecule has 9 rings (SSSR count). The molecule has 0 radical (unpaired) electrons. The Kier molecular flexibility index (Phi) is 3.67. The highest BCUT2D eigenvalue weighted by molar-refractivity contribution is 6.10. The lowest BCUT2D eigenvalue weighted by molar-refractivity contribution is -0.665. The first-order chi connectivity index (χ1) is 17.2. The summed E-state index contributed by atoms with van der Waals surface area (Å²) >= 11 is 0. The van der Waals surface area contributed by atoms with Gasteiger partial charge in [-0.05, 0) is 58.5 Å². The van der Waals surface area contributed by atoms with Crippen LogP contribution in [-0.2, 0) is 7.05 Å². The monoisotopic (exact) mass is 449 g/mol. The standard InChI is InChI=1S/C33H25N2/c1-20-10-9-16-26-21-11-7-8-17-29(21)35(33(20)26)30-18-27-28(19-34(30)2)32-24-14-5-3-12-22(24)31(27)23-13-4-6-15-25(23)32/h3-19,31-32H,1-2H3/q+1. The number of aryl methyl sites for hydroxylation is 2. The van der Waals surface area contributed by atoms with Crippen molar-refractivity contribution < 1.29 is 4.57 Å². The second-order valence-electron chi connectivity index (χ2n) is 10.1. The summed E-state index contributed by atoms with van der Waals surface area (Å²) in [4.78, 5) is 0. The molecule has 3 aliphatic carbocycles. The normalized spacial score (nSPS) is 17.4. The molecule has 2 heteroatoms. The molecule has 0 aliphatic heterocycles. The zero-order valence-electron chi connectivity index (χ0n) is 19.9. The van der Waals surface area contributed by atoms with Crippen molar-refractivity contribution in [3.05, 3.63) is 142 Å². The van der Waals surface area contributed by atoms with Crippen LogP contribution in [-0.4, -0.2) is 4.57 Å². The molecule has 3 aliphatic rings. The van der Waals surface area contributed by atoms with E-state index in [1.807, 2.05) is 0 Å². The molecule has 2 aromatic heterocycles. The number of fused-ring (bicyclic) bond motifs is 3. The average molecular weight is 450 g/mol. The molecule has 0 atom stereocenters. The molecule has 2 bridgehead atoms. The molecule has 0 N–H and O–H groups in total. The van der Waals surface area contributed by atoms with E-state index < -0.39 is 0 Å². The van der Waals surface area contributed by atoms with Gasteiger partial charge in [0.1, 0.15) is 11.0 Å². The Morgan fingerprint density at radius 1 is 0.600 bits per heavy atom. The molecule has 0 unspecified atom stereocenters. The predicted molar refractivity (Wildman–Crippen MR) is 141 cm³/mol. The van der Waals surface area contributed by atoms with Gasteiger partial charge in [-0.15, -0.1) is 0 Å². The molecule has 6 aromatic rings. The van der Waals surface area contributed by atoms with Gasteiger partial charge in [-0.1, -0.05) is 72.8 Å². The van der Waals surface area contributed by atoms with E-state index in [-0.39, 0.29) is 5.92 Å². The molecule has 0 saturated heterocycles. The van der Waals surface area contributed by atoms with Crippen LogP contribution in [0.4, 0.5) is 0 Å². The third-order valence-corrected chi connectivity index (χ3v) is 8.30. The maximum absolute atomic E-state index is 2.47. The summed E-state index contributed by atoms with van der Waals surface area (Å²) in [7, 11) is 2.20. The van der Waals surface area contributed by atoms with Gasteiger partial charge < -0.3 is 0 Å². The Balaban J connectivity index is 1.47. The van der Waals surface area contributed by atoms with Crippen molar-refractivity contribution >= 4 is 21.8 Å². The van der Waals surface area contributed by atoms with E-state index in [9.17, 15) is 0 Å². The van der Waals surface area contributed by atoms with E-state index in [2.05, 4.69) is 126 Å². The zero-order chi connectivity index (χ0) is 23.3. The molecule has 0 spiro atoms. The second-order valence-corrected chi connectivity index (χ2v) is 10.1. The summed E-state index contributed by atoms with van der Waals surface area (Å²) < 4.78 is 4.81. The minimum Gasteiger partial charge on any atom is -0.236 e. The van der Waals surface area contributed by atoms with Crippen LogP contribution in [0.2, 0.25) is 0 Å². The second kappa shape index (κ2) is 6.70. The van der Waals surface area contributed by atoms with E-state index in [1.165, 1.54) is 66.6 Å². The fourth-order valence-electron chi connectivity index (χ4n) is 6.89. The molecule has 166 valence electrons. The Bertz CT molecular complexity index is 1790. The average Bonchev–Trinajstić information content (AvgIpc) is 3.23. The van der Waals surface area contributed by atoms with Gasteiger partial charge in [0.15, 0.2) is 0 Å². The Labute approximate surface area is 204 Å². The number of hydrogen-bond donors (Lipinski definition) is 0. The summed E-state index contributed by atoms with van der Waals surface area (Å²) in [5.41, 5.74) is 12.6. The SMILES string of the molecule is Cc1cccc2c3ccccc3n(-c3cc4c(c[n+]3C)C3c5ccccc5C4c4ccccc43)c12.